The summed E-state index contributed by atoms with van der Waals surface area (Å²) in [5.41, 5.74) is 5.67. The third kappa shape index (κ3) is 2.21. The van der Waals surface area contributed by atoms with E-state index in [1.807, 2.05) is 65.8 Å². The lowest BCUT2D eigenvalue weighted by atomic mass is 9.97. The number of benzene rings is 2. The van der Waals surface area contributed by atoms with Crippen LogP contribution in [0.4, 0.5) is 5.69 Å². The smallest absolute Gasteiger partial charge is 0.258 e. The third-order valence-electron chi connectivity index (χ3n) is 4.89. The molecule has 0 saturated heterocycles. The Morgan fingerprint density at radius 2 is 1.81 bits per heavy atom. The molecule has 5 heteroatoms. The van der Waals surface area contributed by atoms with Crippen LogP contribution in [-0.4, -0.2) is 27.6 Å². The second-order valence-corrected chi connectivity index (χ2v) is 6.38. The molecule has 4 aromatic rings. The van der Waals surface area contributed by atoms with Gasteiger partial charge in [0.2, 0.25) is 0 Å². The number of amides is 1. The quantitative estimate of drug-likeness (QED) is 0.573. The van der Waals surface area contributed by atoms with Crippen molar-refractivity contribution >= 4 is 22.6 Å². The number of hydrogen-bond donors (Lipinski definition) is 1. The maximum atomic E-state index is 13.2. The van der Waals surface area contributed by atoms with Crippen molar-refractivity contribution in [2.75, 3.05) is 11.4 Å². The van der Waals surface area contributed by atoms with E-state index in [1.54, 1.807) is 0 Å². The molecule has 0 bridgehead atoms. The summed E-state index contributed by atoms with van der Waals surface area (Å²) in [6.45, 7) is 0.614. The lowest BCUT2D eigenvalue weighted by Crippen LogP contribution is -2.32. The van der Waals surface area contributed by atoms with Gasteiger partial charge in [-0.05, 0) is 30.2 Å². The molecule has 3 heterocycles. The molecule has 1 aliphatic heterocycles. The molecule has 0 fully saturated rings. The van der Waals surface area contributed by atoms with Crippen LogP contribution in [0.15, 0.2) is 67.0 Å². The summed E-state index contributed by atoms with van der Waals surface area (Å²) >= 11 is 0. The number of nitrogens with one attached hydrogen (secondary N) is 1. The number of fused-ring (bicyclic) bond motifs is 5. The number of nitrogens with zero attached hydrogens (tertiary/aromatic N) is 3. The Balaban J connectivity index is 1.72. The molecule has 1 amide bonds. The Hall–Kier alpha value is -3.47. The fourth-order valence-electron chi connectivity index (χ4n) is 3.67. The zero-order valence-corrected chi connectivity index (χ0v) is 14.0. The number of anilines is 1. The van der Waals surface area contributed by atoms with Gasteiger partial charge in [-0.3, -0.25) is 9.89 Å². The Labute approximate surface area is 150 Å². The van der Waals surface area contributed by atoms with E-state index in [-0.39, 0.29) is 5.91 Å². The van der Waals surface area contributed by atoms with Crippen LogP contribution in [0.1, 0.15) is 15.9 Å². The number of aromatic nitrogens is 3. The fourth-order valence-corrected chi connectivity index (χ4v) is 3.67. The monoisotopic (exact) mass is 340 g/mol. The first-order chi connectivity index (χ1) is 12.8. The van der Waals surface area contributed by atoms with Crippen molar-refractivity contribution in [3.63, 3.8) is 0 Å². The van der Waals surface area contributed by atoms with Crippen molar-refractivity contribution in [2.45, 2.75) is 6.42 Å². The van der Waals surface area contributed by atoms with Crippen molar-refractivity contribution < 1.29 is 4.79 Å². The first-order valence-electron chi connectivity index (χ1n) is 8.60. The van der Waals surface area contributed by atoms with Gasteiger partial charge in [-0.2, -0.15) is 5.10 Å². The summed E-state index contributed by atoms with van der Waals surface area (Å²) in [6, 6.07) is 17.5. The van der Waals surface area contributed by atoms with E-state index in [1.165, 1.54) is 0 Å². The van der Waals surface area contributed by atoms with Gasteiger partial charge in [-0.15, -0.1) is 0 Å². The molecule has 126 valence electrons. The van der Waals surface area contributed by atoms with Crippen LogP contribution in [0.2, 0.25) is 0 Å². The summed E-state index contributed by atoms with van der Waals surface area (Å²) < 4.78 is 0. The molecular weight excluding hydrogens is 324 g/mol. The van der Waals surface area contributed by atoms with Gasteiger partial charge in [0.25, 0.3) is 5.91 Å². The van der Waals surface area contributed by atoms with Crippen LogP contribution in [0, 0.1) is 0 Å². The number of carbonyl (C=O) groups excluding carboxylic acids is 1. The van der Waals surface area contributed by atoms with E-state index in [0.717, 1.165) is 39.8 Å². The molecule has 0 radical (unpaired) electrons. The Bertz CT molecular complexity index is 1120. The molecule has 5 rings (SSSR count). The van der Waals surface area contributed by atoms with Crippen molar-refractivity contribution in [1.29, 1.82) is 0 Å². The van der Waals surface area contributed by atoms with Crippen LogP contribution in [0.25, 0.3) is 22.2 Å². The van der Waals surface area contributed by atoms with Gasteiger partial charge in [0.05, 0.1) is 11.9 Å². The average Bonchev–Trinajstić information content (AvgIpc) is 3.11. The maximum absolute atomic E-state index is 13.2. The molecule has 5 nitrogen and oxygen atoms in total. The van der Waals surface area contributed by atoms with Crippen LogP contribution in [0.5, 0.6) is 0 Å². The van der Waals surface area contributed by atoms with Crippen LogP contribution < -0.4 is 4.90 Å². The molecule has 0 atom stereocenters. The molecule has 2 aromatic heterocycles. The highest BCUT2D eigenvalue weighted by molar-refractivity contribution is 6.10. The van der Waals surface area contributed by atoms with Crippen molar-refractivity contribution in [1.82, 2.24) is 15.2 Å². The number of hydrogen-bond acceptors (Lipinski definition) is 3. The molecule has 1 N–H and O–H groups in total. The molecule has 0 unspecified atom stereocenters. The van der Waals surface area contributed by atoms with E-state index in [2.05, 4.69) is 21.2 Å². The Morgan fingerprint density at radius 3 is 2.69 bits per heavy atom. The fraction of sp³-hybridized carbons (Fsp3) is 0.0952. The predicted octanol–water partition coefficient (Wildman–Crippen LogP) is 3.83. The largest absolute Gasteiger partial charge is 0.307 e. The minimum absolute atomic E-state index is 0.0160. The summed E-state index contributed by atoms with van der Waals surface area (Å²) in [7, 11) is 0. The highest BCUT2D eigenvalue weighted by Gasteiger charge is 2.26. The highest BCUT2D eigenvalue weighted by atomic mass is 16.2. The highest BCUT2D eigenvalue weighted by Crippen LogP contribution is 2.40. The van der Waals surface area contributed by atoms with Crippen LogP contribution in [0.3, 0.4) is 0 Å². The second kappa shape index (κ2) is 5.81. The van der Waals surface area contributed by atoms with Gasteiger partial charge in [0.15, 0.2) is 5.65 Å². The average molecular weight is 340 g/mol. The summed E-state index contributed by atoms with van der Waals surface area (Å²) in [5, 5.41) is 8.08. The zero-order chi connectivity index (χ0) is 17.5. The van der Waals surface area contributed by atoms with E-state index in [9.17, 15) is 4.79 Å². The minimum Gasteiger partial charge on any atom is -0.307 e. The Kier molecular flexibility index (Phi) is 3.31. The van der Waals surface area contributed by atoms with Gasteiger partial charge in [0.1, 0.15) is 0 Å². The lowest BCUT2D eigenvalue weighted by Gasteiger charge is -2.23. The SMILES string of the molecule is O=C(c1ccccc1)N1CCc2cnc3[nH]ncc3c2-c2ccccc21. The predicted molar refractivity (Wildman–Crippen MR) is 101 cm³/mol. The van der Waals surface area contributed by atoms with Crippen LogP contribution in [-0.2, 0) is 6.42 Å². The van der Waals surface area contributed by atoms with Gasteiger partial charge in [-0.25, -0.2) is 4.98 Å². The molecule has 2 aromatic carbocycles. The van der Waals surface area contributed by atoms with E-state index in [4.69, 9.17) is 0 Å². The van der Waals surface area contributed by atoms with E-state index < -0.39 is 0 Å². The summed E-state index contributed by atoms with van der Waals surface area (Å²) in [4.78, 5) is 19.5. The summed E-state index contributed by atoms with van der Waals surface area (Å²) in [5.74, 6) is 0.0160. The molecule has 26 heavy (non-hydrogen) atoms. The minimum atomic E-state index is 0.0160. The number of H-pyrrole nitrogens is 1. The van der Waals surface area contributed by atoms with Gasteiger partial charge >= 0.3 is 0 Å². The Morgan fingerprint density at radius 1 is 1.00 bits per heavy atom. The van der Waals surface area contributed by atoms with Crippen LogP contribution >= 0.6 is 0 Å². The number of aromatic amines is 1. The number of carbonyl (C=O) groups is 1. The molecule has 0 aliphatic carbocycles. The second-order valence-electron chi connectivity index (χ2n) is 6.38. The van der Waals surface area contributed by atoms with Gasteiger partial charge in [0, 0.05) is 34.8 Å². The molecule has 1 aliphatic rings. The first kappa shape index (κ1) is 14.8. The lowest BCUT2D eigenvalue weighted by molar-refractivity contribution is 0.0987. The van der Waals surface area contributed by atoms with Gasteiger partial charge in [-0.1, -0.05) is 36.4 Å². The third-order valence-corrected chi connectivity index (χ3v) is 4.89. The standard InChI is InChI=1S/C21H16N4O/c26-21(14-6-2-1-3-7-14)25-11-10-15-12-22-20-17(13-23-24-20)19(15)16-8-4-5-9-18(16)25/h1-9,12-13H,10-11H2,(H,22,23,24). The number of rotatable bonds is 1. The topological polar surface area (TPSA) is 61.9 Å². The summed E-state index contributed by atoms with van der Waals surface area (Å²) in [6.07, 6.45) is 4.45. The number of para-hydroxylation sites is 1. The number of pyridine rings is 1. The maximum Gasteiger partial charge on any atom is 0.258 e. The van der Waals surface area contributed by atoms with Gasteiger partial charge < -0.3 is 4.90 Å². The van der Waals surface area contributed by atoms with E-state index in [0.29, 0.717) is 12.1 Å². The first-order valence-corrected chi connectivity index (χ1v) is 8.60. The normalized spacial score (nSPS) is 13.2. The molecule has 0 saturated carbocycles. The molecular formula is C21H16N4O. The zero-order valence-electron chi connectivity index (χ0n) is 14.0. The van der Waals surface area contributed by atoms with Crippen molar-refractivity contribution in [2.24, 2.45) is 0 Å². The molecule has 0 spiro atoms. The van der Waals surface area contributed by atoms with Crippen molar-refractivity contribution in [3.05, 3.63) is 78.1 Å². The van der Waals surface area contributed by atoms with Crippen molar-refractivity contribution in [3.8, 4) is 11.1 Å². The van der Waals surface area contributed by atoms with E-state index >= 15 is 0 Å².